The average molecular weight is 475 g/mol. The number of allylic oxidation sites excluding steroid dienone is 2. The molecule has 0 unspecified atom stereocenters. The van der Waals surface area contributed by atoms with Gasteiger partial charge in [0.15, 0.2) is 5.78 Å². The van der Waals surface area contributed by atoms with Gasteiger partial charge in [-0.05, 0) is 80.7 Å². The normalized spacial score (nSPS) is 20.0. The van der Waals surface area contributed by atoms with E-state index in [0.29, 0.717) is 62.9 Å². The van der Waals surface area contributed by atoms with E-state index in [-0.39, 0.29) is 11.7 Å². The number of piperidine rings is 1. The number of nitriles is 1. The van der Waals surface area contributed by atoms with E-state index in [0.717, 1.165) is 22.3 Å². The molecule has 2 aliphatic carbocycles. The molecule has 3 aliphatic rings. The molecule has 1 aliphatic heterocycles. The molecule has 1 aromatic rings. The molecular formula is C28H30N2O5. The highest BCUT2D eigenvalue weighted by Crippen LogP contribution is 2.51. The van der Waals surface area contributed by atoms with Crippen molar-refractivity contribution in [2.75, 3.05) is 20.2 Å². The number of rotatable bonds is 3. The molecule has 182 valence electrons. The Morgan fingerprint density at radius 1 is 1.06 bits per heavy atom. The Morgan fingerprint density at radius 2 is 1.69 bits per heavy atom. The Hall–Kier alpha value is -3.58. The van der Waals surface area contributed by atoms with E-state index in [4.69, 9.17) is 9.47 Å². The SMILES string of the molecule is CC#Cc1cc(C)c(C2=C(OC(=O)OC)CC3(CCN(C(=O)C4(C#N)CC4)CC3)CC2=O)c(C)c1. The molecule has 1 amide bonds. The minimum atomic E-state index is -0.858. The van der Waals surface area contributed by atoms with Gasteiger partial charge in [-0.15, -0.1) is 5.92 Å². The number of aryl methyl sites for hydroxylation is 2. The highest BCUT2D eigenvalue weighted by molar-refractivity contribution is 6.23. The summed E-state index contributed by atoms with van der Waals surface area (Å²) >= 11 is 0. The lowest BCUT2D eigenvalue weighted by Crippen LogP contribution is -2.47. The van der Waals surface area contributed by atoms with Gasteiger partial charge in [0, 0.05) is 31.5 Å². The van der Waals surface area contributed by atoms with Crippen molar-refractivity contribution in [1.82, 2.24) is 4.90 Å². The van der Waals surface area contributed by atoms with Crippen molar-refractivity contribution in [2.45, 2.75) is 59.3 Å². The standard InChI is InChI=1S/C28H30N2O5/c1-5-6-20-13-18(2)23(19(3)14-20)24-21(31)15-27(16-22(24)35-26(33)34-4)9-11-30(12-10-27)25(32)28(17-29)7-8-28/h13-14H,7-12,15-16H2,1-4H3. The fourth-order valence-electron chi connectivity index (χ4n) is 5.50. The molecule has 1 saturated carbocycles. The van der Waals surface area contributed by atoms with Crippen LogP contribution in [-0.2, 0) is 19.1 Å². The summed E-state index contributed by atoms with van der Waals surface area (Å²) in [6.07, 6.45) is 2.32. The van der Waals surface area contributed by atoms with Crippen LogP contribution >= 0.6 is 0 Å². The van der Waals surface area contributed by atoms with Gasteiger partial charge in [0.05, 0.1) is 18.8 Å². The molecule has 7 heteroatoms. The summed E-state index contributed by atoms with van der Waals surface area (Å²) in [6.45, 7) is 6.60. The summed E-state index contributed by atoms with van der Waals surface area (Å²) in [5, 5.41) is 9.39. The Morgan fingerprint density at radius 3 is 2.20 bits per heavy atom. The van der Waals surface area contributed by atoms with Gasteiger partial charge in [0.1, 0.15) is 11.2 Å². The van der Waals surface area contributed by atoms with Crippen molar-refractivity contribution in [3.8, 4) is 17.9 Å². The molecule has 1 aromatic carbocycles. The number of ketones is 1. The number of likely N-dealkylation sites (tertiary alicyclic amines) is 1. The van der Waals surface area contributed by atoms with E-state index < -0.39 is 17.0 Å². The van der Waals surface area contributed by atoms with Crippen LogP contribution in [0, 0.1) is 47.8 Å². The van der Waals surface area contributed by atoms with Crippen LogP contribution in [0.3, 0.4) is 0 Å². The van der Waals surface area contributed by atoms with Crippen LogP contribution in [0.15, 0.2) is 17.9 Å². The number of nitrogens with zero attached hydrogens (tertiary/aromatic N) is 2. The molecule has 0 bridgehead atoms. The van der Waals surface area contributed by atoms with Crippen LogP contribution in [0.1, 0.15) is 67.7 Å². The van der Waals surface area contributed by atoms with Crippen molar-refractivity contribution in [3.05, 3.63) is 40.1 Å². The molecule has 0 radical (unpaired) electrons. The van der Waals surface area contributed by atoms with Gasteiger partial charge < -0.3 is 14.4 Å². The van der Waals surface area contributed by atoms with E-state index in [1.165, 1.54) is 7.11 Å². The first-order valence-electron chi connectivity index (χ1n) is 11.9. The van der Waals surface area contributed by atoms with Crippen LogP contribution in [0.5, 0.6) is 0 Å². The van der Waals surface area contributed by atoms with Crippen LogP contribution in [0.4, 0.5) is 4.79 Å². The van der Waals surface area contributed by atoms with Crippen molar-refractivity contribution in [3.63, 3.8) is 0 Å². The molecular weight excluding hydrogens is 444 g/mol. The summed E-state index contributed by atoms with van der Waals surface area (Å²) in [5.41, 5.74) is 2.58. The number of hydrogen-bond donors (Lipinski definition) is 0. The van der Waals surface area contributed by atoms with Crippen LogP contribution in [0.2, 0.25) is 0 Å². The van der Waals surface area contributed by atoms with Crippen LogP contribution in [0.25, 0.3) is 5.57 Å². The first-order chi connectivity index (χ1) is 16.7. The lowest BCUT2D eigenvalue weighted by Gasteiger charge is -2.44. The molecule has 2 fully saturated rings. The number of ether oxygens (including phenoxy) is 2. The highest BCUT2D eigenvalue weighted by Gasteiger charge is 2.54. The number of Topliss-reactive ketones (excluding diaryl/α,β-unsaturated/α-hetero) is 1. The average Bonchev–Trinajstić information content (AvgIpc) is 3.62. The second-order valence-electron chi connectivity index (χ2n) is 9.98. The second kappa shape index (κ2) is 9.23. The minimum absolute atomic E-state index is 0.0776. The largest absolute Gasteiger partial charge is 0.513 e. The summed E-state index contributed by atoms with van der Waals surface area (Å²) in [4.78, 5) is 40.4. The Balaban J connectivity index is 1.66. The predicted molar refractivity (Wildman–Crippen MR) is 129 cm³/mol. The van der Waals surface area contributed by atoms with Gasteiger partial charge in [-0.3, -0.25) is 9.59 Å². The van der Waals surface area contributed by atoms with Crippen molar-refractivity contribution in [1.29, 1.82) is 5.26 Å². The molecule has 7 nitrogen and oxygen atoms in total. The molecule has 4 rings (SSSR count). The zero-order valence-electron chi connectivity index (χ0n) is 20.7. The molecule has 0 aromatic heterocycles. The van der Waals surface area contributed by atoms with E-state index >= 15 is 0 Å². The monoisotopic (exact) mass is 474 g/mol. The summed E-state index contributed by atoms with van der Waals surface area (Å²) in [7, 11) is 1.24. The maximum absolute atomic E-state index is 13.7. The van der Waals surface area contributed by atoms with Crippen molar-refractivity contribution in [2.24, 2.45) is 10.8 Å². The molecule has 0 atom stereocenters. The van der Waals surface area contributed by atoms with E-state index in [2.05, 4.69) is 17.9 Å². The van der Waals surface area contributed by atoms with E-state index in [9.17, 15) is 19.6 Å². The lowest BCUT2D eigenvalue weighted by atomic mass is 9.66. The van der Waals surface area contributed by atoms with Gasteiger partial charge in [0.2, 0.25) is 5.91 Å². The molecule has 1 spiro atoms. The third kappa shape index (κ3) is 4.56. The third-order valence-electron chi connectivity index (χ3n) is 7.54. The lowest BCUT2D eigenvalue weighted by molar-refractivity contribution is -0.137. The van der Waals surface area contributed by atoms with Crippen molar-refractivity contribution >= 4 is 23.4 Å². The Bertz CT molecular complexity index is 1210. The number of benzene rings is 1. The minimum Gasteiger partial charge on any atom is -0.437 e. The van der Waals surface area contributed by atoms with Crippen molar-refractivity contribution < 1.29 is 23.9 Å². The molecule has 1 heterocycles. The second-order valence-corrected chi connectivity index (χ2v) is 9.98. The van der Waals surface area contributed by atoms with Gasteiger partial charge in [0.25, 0.3) is 0 Å². The number of hydrogen-bond acceptors (Lipinski definition) is 6. The number of carbonyl (C=O) groups is 3. The molecule has 35 heavy (non-hydrogen) atoms. The van der Waals surface area contributed by atoms with Crippen LogP contribution in [-0.4, -0.2) is 42.9 Å². The quantitative estimate of drug-likeness (QED) is 0.475. The zero-order valence-corrected chi connectivity index (χ0v) is 20.7. The van der Waals surface area contributed by atoms with Gasteiger partial charge in [-0.25, -0.2) is 4.79 Å². The predicted octanol–water partition coefficient (Wildman–Crippen LogP) is 4.44. The molecule has 0 N–H and O–H groups in total. The van der Waals surface area contributed by atoms with Gasteiger partial charge >= 0.3 is 6.16 Å². The maximum Gasteiger partial charge on any atom is 0.513 e. The van der Waals surface area contributed by atoms with Crippen LogP contribution < -0.4 is 0 Å². The molecule has 1 saturated heterocycles. The number of methoxy groups -OCH3 is 1. The maximum atomic E-state index is 13.7. The van der Waals surface area contributed by atoms with Gasteiger partial charge in [-0.1, -0.05) is 5.92 Å². The topological polar surface area (TPSA) is 96.7 Å². The number of amides is 1. The number of carbonyl (C=O) groups excluding carboxylic acids is 3. The van der Waals surface area contributed by atoms with E-state index in [1.54, 1.807) is 11.8 Å². The Labute approximate surface area is 206 Å². The summed E-state index contributed by atoms with van der Waals surface area (Å²) in [6, 6.07) is 6.05. The fraction of sp³-hybridized carbons (Fsp3) is 0.500. The van der Waals surface area contributed by atoms with E-state index in [1.807, 2.05) is 26.0 Å². The fourth-order valence-corrected chi connectivity index (χ4v) is 5.50. The Kier molecular flexibility index (Phi) is 6.47. The summed E-state index contributed by atoms with van der Waals surface area (Å²) < 4.78 is 10.4. The third-order valence-corrected chi connectivity index (χ3v) is 7.54. The summed E-state index contributed by atoms with van der Waals surface area (Å²) in [5.74, 6) is 6.10. The first kappa shape index (κ1) is 24.5. The first-order valence-corrected chi connectivity index (χ1v) is 11.9. The highest BCUT2D eigenvalue weighted by atomic mass is 16.7. The smallest absolute Gasteiger partial charge is 0.437 e. The van der Waals surface area contributed by atoms with Gasteiger partial charge in [-0.2, -0.15) is 5.26 Å². The zero-order chi connectivity index (χ0) is 25.4.